The van der Waals surface area contributed by atoms with E-state index in [1.54, 1.807) is 0 Å². The molecule has 112 valence electrons. The van der Waals surface area contributed by atoms with E-state index < -0.39 is 5.41 Å². The van der Waals surface area contributed by atoms with E-state index >= 15 is 0 Å². The van der Waals surface area contributed by atoms with Crippen LogP contribution >= 0.6 is 0 Å². The normalized spacial score (nSPS) is 36.4. The number of fused-ring (bicyclic) bond motifs is 2. The lowest BCUT2D eigenvalue weighted by Crippen LogP contribution is -2.56. The number of aliphatic hydroxyl groups excluding tert-OH is 1. The number of nitrogens with two attached hydrogens (primary N) is 1. The number of hydrogen-bond donors (Lipinski definition) is 3. The van der Waals surface area contributed by atoms with Crippen LogP contribution in [0.25, 0.3) is 0 Å². The molecule has 6 heteroatoms. The van der Waals surface area contributed by atoms with Gasteiger partial charge in [-0.2, -0.15) is 0 Å². The van der Waals surface area contributed by atoms with Crippen LogP contribution in [0.2, 0.25) is 0 Å². The lowest BCUT2D eigenvalue weighted by Gasteiger charge is -2.42. The molecule has 20 heavy (non-hydrogen) atoms. The minimum Gasteiger partial charge on any atom is -0.409 e. The van der Waals surface area contributed by atoms with Crippen molar-refractivity contribution in [3.8, 4) is 0 Å². The van der Waals surface area contributed by atoms with Gasteiger partial charge in [-0.1, -0.05) is 18.0 Å². The van der Waals surface area contributed by atoms with E-state index in [-0.39, 0.29) is 29.9 Å². The van der Waals surface area contributed by atoms with Gasteiger partial charge in [0.05, 0.1) is 6.10 Å². The second-order valence-electron chi connectivity index (χ2n) is 6.50. The summed E-state index contributed by atoms with van der Waals surface area (Å²) in [5, 5.41) is 22.0. The number of piperidine rings is 1. The van der Waals surface area contributed by atoms with Gasteiger partial charge in [0.25, 0.3) is 0 Å². The van der Waals surface area contributed by atoms with Gasteiger partial charge in [0, 0.05) is 12.1 Å². The van der Waals surface area contributed by atoms with E-state index in [0.29, 0.717) is 25.7 Å². The molecule has 3 rings (SSSR count). The number of hydrogen-bond acceptors (Lipinski definition) is 4. The number of carbonyl (C=O) groups excluding carboxylic acids is 1. The first-order valence-corrected chi connectivity index (χ1v) is 7.57. The molecule has 2 saturated heterocycles. The van der Waals surface area contributed by atoms with E-state index in [4.69, 9.17) is 10.9 Å². The summed E-state index contributed by atoms with van der Waals surface area (Å²) < 4.78 is 0. The number of nitrogens with zero attached hydrogens (tertiary/aromatic N) is 2. The molecule has 2 heterocycles. The zero-order valence-electron chi connectivity index (χ0n) is 11.7. The Morgan fingerprint density at radius 2 is 1.75 bits per heavy atom. The van der Waals surface area contributed by atoms with E-state index in [2.05, 4.69) is 5.16 Å². The number of carbonyl (C=O) groups is 1. The monoisotopic (exact) mass is 281 g/mol. The van der Waals surface area contributed by atoms with Crippen LogP contribution in [0, 0.1) is 5.41 Å². The molecule has 0 spiro atoms. The van der Waals surface area contributed by atoms with Crippen molar-refractivity contribution < 1.29 is 15.1 Å². The number of oxime groups is 1. The molecule has 3 fully saturated rings. The maximum atomic E-state index is 13.1. The zero-order chi connectivity index (χ0) is 14.3. The molecular formula is C14H23N3O3. The number of amides is 1. The molecule has 1 amide bonds. The molecule has 0 aromatic rings. The fourth-order valence-corrected chi connectivity index (χ4v) is 4.38. The Labute approximate surface area is 118 Å². The van der Waals surface area contributed by atoms with E-state index in [0.717, 1.165) is 25.7 Å². The molecule has 1 aliphatic carbocycles. The van der Waals surface area contributed by atoms with Crippen LogP contribution < -0.4 is 5.73 Å². The Hall–Kier alpha value is -1.30. The first-order chi connectivity index (χ1) is 9.58. The minimum atomic E-state index is -0.808. The van der Waals surface area contributed by atoms with Gasteiger partial charge in [-0.05, 0) is 38.5 Å². The van der Waals surface area contributed by atoms with Crippen molar-refractivity contribution in [2.75, 3.05) is 0 Å². The number of aliphatic hydroxyl groups is 1. The van der Waals surface area contributed by atoms with Crippen molar-refractivity contribution in [3.05, 3.63) is 0 Å². The average molecular weight is 281 g/mol. The lowest BCUT2D eigenvalue weighted by molar-refractivity contribution is -0.144. The molecule has 4 N–H and O–H groups in total. The Bertz CT molecular complexity index is 417. The fourth-order valence-electron chi connectivity index (χ4n) is 4.38. The van der Waals surface area contributed by atoms with Crippen molar-refractivity contribution >= 4 is 11.7 Å². The lowest BCUT2D eigenvalue weighted by atomic mass is 9.81. The Balaban J connectivity index is 1.88. The highest BCUT2D eigenvalue weighted by Gasteiger charge is 2.53. The van der Waals surface area contributed by atoms with Gasteiger partial charge in [0.2, 0.25) is 5.91 Å². The Kier molecular flexibility index (Phi) is 3.36. The van der Waals surface area contributed by atoms with E-state index in [9.17, 15) is 9.90 Å². The molecule has 2 aliphatic heterocycles. The van der Waals surface area contributed by atoms with Crippen LogP contribution in [-0.2, 0) is 4.79 Å². The smallest absolute Gasteiger partial charge is 0.237 e. The third kappa shape index (κ3) is 1.89. The van der Waals surface area contributed by atoms with Crippen LogP contribution in [0.1, 0.15) is 51.4 Å². The second kappa shape index (κ2) is 4.91. The van der Waals surface area contributed by atoms with Gasteiger partial charge in [-0.3, -0.25) is 4.79 Å². The Morgan fingerprint density at radius 1 is 1.20 bits per heavy atom. The van der Waals surface area contributed by atoms with Gasteiger partial charge < -0.3 is 20.9 Å². The van der Waals surface area contributed by atoms with Crippen molar-refractivity contribution in [2.45, 2.75) is 69.6 Å². The molecule has 6 nitrogen and oxygen atoms in total. The van der Waals surface area contributed by atoms with Crippen molar-refractivity contribution in [2.24, 2.45) is 16.3 Å². The Morgan fingerprint density at radius 3 is 2.25 bits per heavy atom. The molecule has 3 aliphatic rings. The molecule has 2 atom stereocenters. The minimum absolute atomic E-state index is 0.0182. The molecule has 2 unspecified atom stereocenters. The summed E-state index contributed by atoms with van der Waals surface area (Å²) in [6, 6.07) is 0.250. The van der Waals surface area contributed by atoms with E-state index in [1.165, 1.54) is 0 Å². The molecule has 1 saturated carbocycles. The standard InChI is InChI=1S/C14H23N3O3/c15-12(16-20)14(5-1-2-6-14)13(19)17-9-3-4-10(17)8-11(18)7-9/h9-11,18,20H,1-8H2,(H2,15,16). The van der Waals surface area contributed by atoms with Crippen LogP contribution in [-0.4, -0.2) is 45.1 Å². The van der Waals surface area contributed by atoms with Gasteiger partial charge in [0.15, 0.2) is 5.84 Å². The van der Waals surface area contributed by atoms with Gasteiger partial charge in [-0.25, -0.2) is 0 Å². The first kappa shape index (κ1) is 13.7. The molecule has 2 bridgehead atoms. The molecular weight excluding hydrogens is 258 g/mol. The third-order valence-electron chi connectivity index (χ3n) is 5.41. The van der Waals surface area contributed by atoms with Gasteiger partial charge >= 0.3 is 0 Å². The number of rotatable bonds is 2. The van der Waals surface area contributed by atoms with Crippen LogP contribution in [0.4, 0.5) is 0 Å². The highest BCUT2D eigenvalue weighted by atomic mass is 16.4. The van der Waals surface area contributed by atoms with Crippen molar-refractivity contribution in [1.82, 2.24) is 4.90 Å². The van der Waals surface area contributed by atoms with Gasteiger partial charge in [0.1, 0.15) is 5.41 Å². The first-order valence-electron chi connectivity index (χ1n) is 7.57. The third-order valence-corrected chi connectivity index (χ3v) is 5.41. The van der Waals surface area contributed by atoms with Crippen LogP contribution in [0.15, 0.2) is 5.16 Å². The highest BCUT2D eigenvalue weighted by Crippen LogP contribution is 2.45. The summed E-state index contributed by atoms with van der Waals surface area (Å²) in [6.07, 6.45) is 6.16. The van der Waals surface area contributed by atoms with Crippen LogP contribution in [0.3, 0.4) is 0 Å². The average Bonchev–Trinajstić information content (AvgIpc) is 3.02. The van der Waals surface area contributed by atoms with Crippen molar-refractivity contribution in [3.63, 3.8) is 0 Å². The summed E-state index contributed by atoms with van der Waals surface area (Å²) >= 11 is 0. The summed E-state index contributed by atoms with van der Waals surface area (Å²) in [5.41, 5.74) is 5.05. The SMILES string of the molecule is NC(=NO)C1(C(=O)N2C3CCC2CC(O)C3)CCCC1. The largest absolute Gasteiger partial charge is 0.409 e. The highest BCUT2D eigenvalue weighted by molar-refractivity contribution is 6.07. The summed E-state index contributed by atoms with van der Waals surface area (Å²) in [7, 11) is 0. The predicted octanol–water partition coefficient (Wildman–Crippen LogP) is 0.807. The summed E-state index contributed by atoms with van der Waals surface area (Å²) in [5.74, 6) is 0.0789. The molecule has 0 radical (unpaired) electrons. The molecule has 0 aromatic carbocycles. The zero-order valence-corrected chi connectivity index (χ0v) is 11.7. The molecule has 0 aromatic heterocycles. The summed E-state index contributed by atoms with van der Waals surface area (Å²) in [4.78, 5) is 15.0. The maximum Gasteiger partial charge on any atom is 0.237 e. The topological polar surface area (TPSA) is 99.2 Å². The summed E-state index contributed by atoms with van der Waals surface area (Å²) in [6.45, 7) is 0. The fraction of sp³-hybridized carbons (Fsp3) is 0.857. The van der Waals surface area contributed by atoms with Crippen molar-refractivity contribution in [1.29, 1.82) is 0 Å². The van der Waals surface area contributed by atoms with Crippen LogP contribution in [0.5, 0.6) is 0 Å². The van der Waals surface area contributed by atoms with Gasteiger partial charge in [-0.15, -0.1) is 0 Å². The van der Waals surface area contributed by atoms with E-state index in [1.807, 2.05) is 4.90 Å². The number of amidine groups is 1. The predicted molar refractivity (Wildman–Crippen MR) is 73.2 cm³/mol. The second-order valence-corrected chi connectivity index (χ2v) is 6.50. The quantitative estimate of drug-likeness (QED) is 0.302. The maximum absolute atomic E-state index is 13.1.